The second kappa shape index (κ2) is 8.26. The van der Waals surface area contributed by atoms with Gasteiger partial charge in [-0.2, -0.15) is 0 Å². The molecule has 1 saturated carbocycles. The number of urea groups is 1. The summed E-state index contributed by atoms with van der Waals surface area (Å²) in [5, 5.41) is 2.63. The second-order valence-electron chi connectivity index (χ2n) is 7.92. The molecule has 2 aromatic carbocycles. The molecule has 1 saturated heterocycles. The maximum atomic E-state index is 13.4. The minimum Gasteiger partial charge on any atom is -0.326 e. The Labute approximate surface area is 174 Å². The van der Waals surface area contributed by atoms with Crippen LogP contribution in [0.15, 0.2) is 48.5 Å². The first-order valence-corrected chi connectivity index (χ1v) is 10.2. The Balaban J connectivity index is 1.58. The van der Waals surface area contributed by atoms with E-state index in [9.17, 15) is 18.8 Å². The molecule has 2 aliphatic rings. The number of carbonyl (C=O) groups is 3. The predicted molar refractivity (Wildman–Crippen MR) is 112 cm³/mol. The molecular formula is C23H24FN3O3. The van der Waals surface area contributed by atoms with Crippen LogP contribution in [0, 0.1) is 12.7 Å². The number of aryl methyl sites for hydroxylation is 1. The summed E-state index contributed by atoms with van der Waals surface area (Å²) in [5.74, 6) is -1.29. The third kappa shape index (κ3) is 3.92. The molecule has 0 aromatic heterocycles. The number of amides is 4. The van der Waals surface area contributed by atoms with Crippen LogP contribution in [-0.2, 0) is 9.59 Å². The van der Waals surface area contributed by atoms with E-state index in [1.807, 2.05) is 19.1 Å². The van der Waals surface area contributed by atoms with E-state index in [0.717, 1.165) is 31.2 Å². The number of nitrogens with one attached hydrogen (secondary N) is 1. The van der Waals surface area contributed by atoms with Gasteiger partial charge in [0.05, 0.1) is 12.1 Å². The summed E-state index contributed by atoms with van der Waals surface area (Å²) in [5.41, 5.74) is 1.85. The summed E-state index contributed by atoms with van der Waals surface area (Å²) < 4.78 is 13.4. The van der Waals surface area contributed by atoms with Gasteiger partial charge in [0.1, 0.15) is 11.9 Å². The van der Waals surface area contributed by atoms with Crippen LogP contribution in [0.3, 0.4) is 0 Å². The monoisotopic (exact) mass is 409 g/mol. The van der Waals surface area contributed by atoms with E-state index >= 15 is 0 Å². The lowest BCUT2D eigenvalue weighted by Crippen LogP contribution is -2.43. The quantitative estimate of drug-likeness (QED) is 0.751. The average molecular weight is 409 g/mol. The molecule has 0 unspecified atom stereocenters. The van der Waals surface area contributed by atoms with Crippen LogP contribution in [0.1, 0.15) is 37.7 Å². The van der Waals surface area contributed by atoms with E-state index in [1.165, 1.54) is 23.1 Å². The molecule has 0 spiro atoms. The van der Waals surface area contributed by atoms with Gasteiger partial charge in [0.15, 0.2) is 0 Å². The third-order valence-electron chi connectivity index (χ3n) is 5.75. The summed E-state index contributed by atoms with van der Waals surface area (Å²) in [4.78, 5) is 41.9. The average Bonchev–Trinajstić information content (AvgIpc) is 3.30. The van der Waals surface area contributed by atoms with Crippen LogP contribution >= 0.6 is 0 Å². The lowest BCUT2D eigenvalue weighted by molar-refractivity contribution is -0.124. The number of anilines is 2. The number of nitrogens with zero attached hydrogens (tertiary/aromatic N) is 2. The number of hydrogen-bond acceptors (Lipinski definition) is 3. The highest BCUT2D eigenvalue weighted by Gasteiger charge is 2.49. The molecule has 1 N–H and O–H groups in total. The number of carbonyl (C=O) groups excluding carboxylic acids is 3. The molecule has 2 aromatic rings. The van der Waals surface area contributed by atoms with Crippen molar-refractivity contribution in [1.29, 1.82) is 0 Å². The fourth-order valence-corrected chi connectivity index (χ4v) is 4.28. The van der Waals surface area contributed by atoms with E-state index in [4.69, 9.17) is 0 Å². The Hall–Kier alpha value is -3.22. The van der Waals surface area contributed by atoms with E-state index < -0.39 is 23.7 Å². The van der Waals surface area contributed by atoms with Crippen molar-refractivity contribution in [3.63, 3.8) is 0 Å². The maximum Gasteiger partial charge on any atom is 0.332 e. The minimum absolute atomic E-state index is 0.0520. The van der Waals surface area contributed by atoms with Gasteiger partial charge < -0.3 is 10.2 Å². The van der Waals surface area contributed by atoms with Gasteiger partial charge in [-0.1, -0.05) is 36.6 Å². The smallest absolute Gasteiger partial charge is 0.326 e. The van der Waals surface area contributed by atoms with E-state index in [1.54, 1.807) is 23.1 Å². The number of hydrogen-bond donors (Lipinski definition) is 1. The molecule has 6 nitrogen and oxygen atoms in total. The lowest BCUT2D eigenvalue weighted by atomic mass is 10.1. The van der Waals surface area contributed by atoms with Crippen molar-refractivity contribution in [3.8, 4) is 0 Å². The molecule has 4 amide bonds. The summed E-state index contributed by atoms with van der Waals surface area (Å²) in [6, 6.07) is 11.5. The Kier molecular flexibility index (Phi) is 5.53. The molecule has 30 heavy (non-hydrogen) atoms. The van der Waals surface area contributed by atoms with Crippen molar-refractivity contribution in [2.45, 2.75) is 51.1 Å². The number of benzene rings is 2. The predicted octanol–water partition coefficient (Wildman–Crippen LogP) is 4.24. The Morgan fingerprint density at radius 1 is 1.10 bits per heavy atom. The van der Waals surface area contributed by atoms with Crippen LogP contribution in [0.2, 0.25) is 0 Å². The normalized spacial score (nSPS) is 19.6. The van der Waals surface area contributed by atoms with Gasteiger partial charge in [0, 0.05) is 11.7 Å². The molecule has 1 aliphatic heterocycles. The van der Waals surface area contributed by atoms with Gasteiger partial charge >= 0.3 is 6.03 Å². The van der Waals surface area contributed by atoms with Crippen molar-refractivity contribution >= 4 is 29.2 Å². The van der Waals surface area contributed by atoms with Crippen molar-refractivity contribution in [2.75, 3.05) is 10.2 Å². The number of imide groups is 1. The first kappa shape index (κ1) is 20.1. The molecule has 0 radical (unpaired) electrons. The molecule has 1 aliphatic carbocycles. The SMILES string of the molecule is Cc1ccc(N2C(=O)[C@H](CC(=O)Nc3cccc(F)c3)N(C3CCCC3)C2=O)cc1. The van der Waals surface area contributed by atoms with Gasteiger partial charge in [0.25, 0.3) is 5.91 Å². The first-order valence-electron chi connectivity index (χ1n) is 10.2. The molecule has 0 bridgehead atoms. The molecule has 7 heteroatoms. The zero-order chi connectivity index (χ0) is 21.3. The number of rotatable bonds is 5. The zero-order valence-electron chi connectivity index (χ0n) is 16.8. The highest BCUT2D eigenvalue weighted by Crippen LogP contribution is 2.34. The highest BCUT2D eigenvalue weighted by atomic mass is 19.1. The lowest BCUT2D eigenvalue weighted by Gasteiger charge is -2.27. The van der Waals surface area contributed by atoms with Gasteiger partial charge in [-0.05, 0) is 50.1 Å². The van der Waals surface area contributed by atoms with Gasteiger partial charge in [0.2, 0.25) is 5.91 Å². The van der Waals surface area contributed by atoms with Crippen LogP contribution < -0.4 is 10.2 Å². The Morgan fingerprint density at radius 3 is 2.47 bits per heavy atom. The second-order valence-corrected chi connectivity index (χ2v) is 7.92. The van der Waals surface area contributed by atoms with Gasteiger partial charge in [-0.15, -0.1) is 0 Å². The molecule has 4 rings (SSSR count). The van der Waals surface area contributed by atoms with Gasteiger partial charge in [-0.3, -0.25) is 9.59 Å². The Morgan fingerprint density at radius 2 is 1.80 bits per heavy atom. The Bertz CT molecular complexity index is 970. The third-order valence-corrected chi connectivity index (χ3v) is 5.75. The molecule has 1 heterocycles. The fourth-order valence-electron chi connectivity index (χ4n) is 4.28. The van der Waals surface area contributed by atoms with E-state index in [2.05, 4.69) is 5.32 Å². The number of halogens is 1. The molecule has 2 fully saturated rings. The summed E-state index contributed by atoms with van der Waals surface area (Å²) in [7, 11) is 0. The van der Waals surface area contributed by atoms with E-state index in [0.29, 0.717) is 11.4 Å². The maximum absolute atomic E-state index is 13.4. The molecule has 156 valence electrons. The van der Waals surface area contributed by atoms with Crippen molar-refractivity contribution < 1.29 is 18.8 Å². The van der Waals surface area contributed by atoms with Crippen LogP contribution in [0.25, 0.3) is 0 Å². The van der Waals surface area contributed by atoms with Crippen LogP contribution in [0.4, 0.5) is 20.6 Å². The summed E-state index contributed by atoms with van der Waals surface area (Å²) in [6.45, 7) is 1.93. The molecular weight excluding hydrogens is 385 g/mol. The zero-order valence-corrected chi connectivity index (χ0v) is 16.8. The van der Waals surface area contributed by atoms with E-state index in [-0.39, 0.29) is 18.5 Å². The summed E-state index contributed by atoms with van der Waals surface area (Å²) in [6.07, 6.45) is 3.47. The van der Waals surface area contributed by atoms with Crippen molar-refractivity contribution in [2.24, 2.45) is 0 Å². The van der Waals surface area contributed by atoms with Gasteiger partial charge in [-0.25, -0.2) is 14.1 Å². The van der Waals surface area contributed by atoms with Crippen LogP contribution in [0.5, 0.6) is 0 Å². The standard InChI is InChI=1S/C23H24FN3O3/c1-15-9-11-19(12-10-15)27-22(29)20(26(23(27)30)18-7-2-3-8-18)14-21(28)25-17-6-4-5-16(24)13-17/h4-6,9-13,18,20H,2-3,7-8,14H2,1H3,(H,25,28)/t20-/m0/s1. The largest absolute Gasteiger partial charge is 0.332 e. The summed E-state index contributed by atoms with van der Waals surface area (Å²) >= 11 is 0. The minimum atomic E-state index is -0.865. The van der Waals surface area contributed by atoms with Crippen molar-refractivity contribution in [1.82, 2.24) is 4.90 Å². The highest BCUT2D eigenvalue weighted by molar-refractivity contribution is 6.22. The first-order chi connectivity index (χ1) is 14.4. The van der Waals surface area contributed by atoms with Crippen molar-refractivity contribution in [3.05, 3.63) is 59.9 Å². The van der Waals surface area contributed by atoms with Crippen LogP contribution in [-0.4, -0.2) is 34.8 Å². The fraction of sp³-hybridized carbons (Fsp3) is 0.348. The topological polar surface area (TPSA) is 69.7 Å². The molecule has 1 atom stereocenters.